The van der Waals surface area contributed by atoms with Crippen LogP contribution in [0, 0.1) is 5.82 Å². The van der Waals surface area contributed by atoms with Gasteiger partial charge in [-0.25, -0.2) is 14.4 Å². The molecule has 1 aliphatic rings. The van der Waals surface area contributed by atoms with Crippen LogP contribution in [0.2, 0.25) is 5.02 Å². The van der Waals surface area contributed by atoms with Gasteiger partial charge in [-0.3, -0.25) is 9.69 Å². The number of ether oxygens (including phenoxy) is 2. The highest BCUT2D eigenvalue weighted by atomic mass is 35.5. The van der Waals surface area contributed by atoms with Crippen LogP contribution >= 0.6 is 11.6 Å². The van der Waals surface area contributed by atoms with Gasteiger partial charge in [0.15, 0.2) is 17.3 Å². The van der Waals surface area contributed by atoms with Crippen molar-refractivity contribution >= 4 is 45.6 Å². The maximum atomic E-state index is 14.8. The normalized spacial score (nSPS) is 15.5. The van der Waals surface area contributed by atoms with Crippen LogP contribution in [-0.4, -0.2) is 54.6 Å². The summed E-state index contributed by atoms with van der Waals surface area (Å²) in [6.07, 6.45) is 7.00. The minimum absolute atomic E-state index is 0.0175. The average molecular weight is 562 g/mol. The summed E-state index contributed by atoms with van der Waals surface area (Å²) in [5.74, 6) is 0.529. The van der Waals surface area contributed by atoms with Gasteiger partial charge in [0, 0.05) is 23.4 Å². The van der Waals surface area contributed by atoms with E-state index in [4.69, 9.17) is 21.1 Å². The fourth-order valence-corrected chi connectivity index (χ4v) is 5.10. The fraction of sp³-hybridized carbons (Fsp3) is 0.233. The molecular formula is C30H29ClFN5O3. The van der Waals surface area contributed by atoms with Crippen molar-refractivity contribution in [3.63, 3.8) is 0 Å². The molecule has 0 spiro atoms. The summed E-state index contributed by atoms with van der Waals surface area (Å²) in [5.41, 5.74) is 2.61. The first-order valence-corrected chi connectivity index (χ1v) is 13.2. The molecule has 5 rings (SSSR count). The number of nitrogens with zero attached hydrogens (tertiary/aromatic N) is 3. The second kappa shape index (κ2) is 11.9. The number of halogens is 2. The number of anilines is 3. The number of likely N-dealkylation sites (N-methyl/N-ethyl adjacent to an activating group) is 1. The van der Waals surface area contributed by atoms with E-state index in [1.807, 2.05) is 18.2 Å². The van der Waals surface area contributed by atoms with E-state index in [2.05, 4.69) is 32.5 Å². The molecule has 1 aliphatic heterocycles. The van der Waals surface area contributed by atoms with Gasteiger partial charge < -0.3 is 20.1 Å². The predicted octanol–water partition coefficient (Wildman–Crippen LogP) is 6.44. The Labute approximate surface area is 236 Å². The highest BCUT2D eigenvalue weighted by Crippen LogP contribution is 2.42. The van der Waals surface area contributed by atoms with Crippen LogP contribution in [0.15, 0.2) is 67.0 Å². The van der Waals surface area contributed by atoms with Crippen molar-refractivity contribution in [2.24, 2.45) is 0 Å². The smallest absolute Gasteiger partial charge is 0.248 e. The number of nitrogens with one attached hydrogen (secondary N) is 2. The largest absolute Gasteiger partial charge is 0.493 e. The summed E-state index contributed by atoms with van der Waals surface area (Å²) in [5, 5.41) is 6.65. The molecule has 40 heavy (non-hydrogen) atoms. The number of rotatable bonds is 8. The van der Waals surface area contributed by atoms with Crippen molar-refractivity contribution in [3.8, 4) is 22.6 Å². The molecule has 2 heterocycles. The van der Waals surface area contributed by atoms with Gasteiger partial charge in [-0.2, -0.15) is 0 Å². The van der Waals surface area contributed by atoms with Crippen LogP contribution in [0.25, 0.3) is 22.0 Å². The fourth-order valence-electron chi connectivity index (χ4n) is 4.92. The number of fused-ring (bicyclic) bond motifs is 1. The second-order valence-corrected chi connectivity index (χ2v) is 9.85. The van der Waals surface area contributed by atoms with Crippen LogP contribution < -0.4 is 20.1 Å². The van der Waals surface area contributed by atoms with Gasteiger partial charge in [0.1, 0.15) is 12.1 Å². The summed E-state index contributed by atoms with van der Waals surface area (Å²) in [6.45, 7) is 1.01. The van der Waals surface area contributed by atoms with E-state index in [0.717, 1.165) is 19.4 Å². The Bertz CT molecular complexity index is 1600. The van der Waals surface area contributed by atoms with Gasteiger partial charge in [0.2, 0.25) is 5.91 Å². The van der Waals surface area contributed by atoms with Crippen LogP contribution in [0.5, 0.6) is 11.5 Å². The van der Waals surface area contributed by atoms with Crippen molar-refractivity contribution in [2.45, 2.75) is 18.9 Å². The van der Waals surface area contributed by atoms with Crippen molar-refractivity contribution in [1.82, 2.24) is 14.9 Å². The van der Waals surface area contributed by atoms with E-state index in [-0.39, 0.29) is 22.7 Å². The highest BCUT2D eigenvalue weighted by molar-refractivity contribution is 6.31. The molecular weight excluding hydrogens is 533 g/mol. The Balaban J connectivity index is 1.65. The van der Waals surface area contributed by atoms with E-state index in [1.54, 1.807) is 50.6 Å². The number of hydrogen-bond acceptors (Lipinski definition) is 7. The van der Waals surface area contributed by atoms with E-state index in [0.29, 0.717) is 45.0 Å². The van der Waals surface area contributed by atoms with E-state index >= 15 is 0 Å². The number of methoxy groups -OCH3 is 2. The van der Waals surface area contributed by atoms with Crippen LogP contribution in [0.3, 0.4) is 0 Å². The van der Waals surface area contributed by atoms with E-state index < -0.39 is 5.82 Å². The number of hydrogen-bond donors (Lipinski definition) is 2. The van der Waals surface area contributed by atoms with Gasteiger partial charge in [-0.1, -0.05) is 29.8 Å². The zero-order valence-electron chi connectivity index (χ0n) is 22.4. The number of benzene rings is 3. The molecule has 0 bridgehead atoms. The lowest BCUT2D eigenvalue weighted by Gasteiger charge is -2.18. The predicted molar refractivity (Wildman–Crippen MR) is 156 cm³/mol. The molecule has 0 aliphatic carbocycles. The van der Waals surface area contributed by atoms with Crippen LogP contribution in [-0.2, 0) is 4.79 Å². The zero-order chi connectivity index (χ0) is 28.2. The number of carbonyl (C=O) groups is 1. The molecule has 206 valence electrons. The summed E-state index contributed by atoms with van der Waals surface area (Å²) in [7, 11) is 5.16. The van der Waals surface area contributed by atoms with Gasteiger partial charge in [-0.15, -0.1) is 0 Å². The first-order valence-electron chi connectivity index (χ1n) is 12.8. The first kappa shape index (κ1) is 27.4. The van der Waals surface area contributed by atoms with Gasteiger partial charge in [-0.05, 0) is 68.4 Å². The molecule has 1 unspecified atom stereocenters. The third-order valence-corrected chi connectivity index (χ3v) is 7.28. The Morgan fingerprint density at radius 1 is 1.10 bits per heavy atom. The van der Waals surface area contributed by atoms with Crippen molar-refractivity contribution < 1.29 is 18.7 Å². The third-order valence-electron chi connectivity index (χ3n) is 6.99. The summed E-state index contributed by atoms with van der Waals surface area (Å²) < 4.78 is 25.8. The molecule has 0 radical (unpaired) electrons. The lowest BCUT2D eigenvalue weighted by molar-refractivity contribution is -0.111. The van der Waals surface area contributed by atoms with Crippen LogP contribution in [0.1, 0.15) is 12.8 Å². The number of carbonyl (C=O) groups excluding carboxylic acids is 1. The van der Waals surface area contributed by atoms with Gasteiger partial charge >= 0.3 is 0 Å². The van der Waals surface area contributed by atoms with Crippen molar-refractivity contribution in [3.05, 3.63) is 77.9 Å². The van der Waals surface area contributed by atoms with E-state index in [9.17, 15) is 9.18 Å². The molecule has 0 saturated carbocycles. The number of amides is 1. The topological polar surface area (TPSA) is 88.6 Å². The van der Waals surface area contributed by atoms with E-state index in [1.165, 1.54) is 12.4 Å². The second-order valence-electron chi connectivity index (χ2n) is 9.44. The molecule has 8 nitrogen and oxygen atoms in total. The minimum atomic E-state index is -0.602. The first-order chi connectivity index (χ1) is 19.4. The van der Waals surface area contributed by atoms with Crippen molar-refractivity contribution in [1.29, 1.82) is 0 Å². The molecule has 1 atom stereocenters. The average Bonchev–Trinajstić information content (AvgIpc) is 3.38. The molecule has 2 N–H and O–H groups in total. The molecule has 4 aromatic rings. The summed E-state index contributed by atoms with van der Waals surface area (Å²) in [6, 6.07) is 13.9. The molecule has 1 saturated heterocycles. The maximum Gasteiger partial charge on any atom is 0.248 e. The Morgan fingerprint density at radius 3 is 2.67 bits per heavy atom. The monoisotopic (exact) mass is 561 g/mol. The molecule has 1 amide bonds. The Morgan fingerprint density at radius 2 is 1.93 bits per heavy atom. The number of likely N-dealkylation sites (tertiary alicyclic amines) is 1. The highest BCUT2D eigenvalue weighted by Gasteiger charge is 2.21. The number of aromatic nitrogens is 2. The van der Waals surface area contributed by atoms with Gasteiger partial charge in [0.05, 0.1) is 35.8 Å². The summed E-state index contributed by atoms with van der Waals surface area (Å²) >= 11 is 6.03. The maximum absolute atomic E-state index is 14.8. The zero-order valence-corrected chi connectivity index (χ0v) is 23.1. The Hall–Kier alpha value is -4.21. The molecule has 1 fully saturated rings. The van der Waals surface area contributed by atoms with Crippen molar-refractivity contribution in [2.75, 3.05) is 38.4 Å². The lowest BCUT2D eigenvalue weighted by atomic mass is 9.97. The molecule has 3 aromatic carbocycles. The lowest BCUT2D eigenvalue weighted by Crippen LogP contribution is -2.23. The SMILES string of the molecule is COc1ccc(-c2c(NC(=O)/C=C/C3CCCN3C)ccc3ncnc(Nc4cccc(Cl)c4F)c23)cc1OC. The third kappa shape index (κ3) is 5.57. The summed E-state index contributed by atoms with van der Waals surface area (Å²) in [4.78, 5) is 24.2. The molecule has 1 aromatic heterocycles. The van der Waals surface area contributed by atoms with Crippen LogP contribution in [0.4, 0.5) is 21.6 Å². The molecule has 10 heteroatoms. The standard InChI is InChI=1S/C30H29ClFN5O3/c1-37-15-5-6-19(37)10-14-26(38)35-22-12-11-21-28(27(22)18-9-13-24(39-2)25(16-18)40-3)30(34-17-33-21)36-23-8-4-7-20(31)29(23)32/h4,7-14,16-17,19H,5-6,15H2,1-3H3,(H,35,38)(H,33,34,36)/b14-10+. The Kier molecular flexibility index (Phi) is 8.14. The van der Waals surface area contributed by atoms with Gasteiger partial charge in [0.25, 0.3) is 0 Å². The minimum Gasteiger partial charge on any atom is -0.493 e. The quantitative estimate of drug-likeness (QED) is 0.239.